The standard InChI is InChI=1S/C18H12F30N3O4P/c19-7(20,10(25,26)49(13(31,32)33)14(34,35)36)1-4-53-56(52,54-5-2-8(21,22)11(27,28)50(15(37,38)39)16(40,41)42)55-6-3-9(23,24)12(29,30)51(17(43,44)45)18(46,47)48/h1-6H2. The van der Waals surface area contributed by atoms with Crippen LogP contribution in [0.4, 0.5) is 132 Å². The van der Waals surface area contributed by atoms with Crippen molar-refractivity contribution in [1.29, 1.82) is 0 Å². The molecular weight excluding hydrogens is 923 g/mol. The molecule has 38 heteroatoms. The summed E-state index contributed by atoms with van der Waals surface area (Å²) in [6, 6.07) is -22.6. The lowest BCUT2D eigenvalue weighted by atomic mass is 10.2. The lowest BCUT2D eigenvalue weighted by Crippen LogP contribution is -2.64. The highest BCUT2D eigenvalue weighted by Gasteiger charge is 2.77. The van der Waals surface area contributed by atoms with Gasteiger partial charge in [0.1, 0.15) is 0 Å². The van der Waals surface area contributed by atoms with Gasteiger partial charge in [-0.3, -0.25) is 13.6 Å². The molecule has 0 heterocycles. The summed E-state index contributed by atoms with van der Waals surface area (Å²) in [5.41, 5.74) is 0. The third-order valence-electron chi connectivity index (χ3n) is 5.68. The van der Waals surface area contributed by atoms with Gasteiger partial charge in [0.15, 0.2) is 0 Å². The number of phosphoric ester groups is 1. The monoisotopic (exact) mass is 935 g/mol. The van der Waals surface area contributed by atoms with E-state index in [0.29, 0.717) is 0 Å². The Bertz CT molecular complexity index is 1130. The Morgan fingerprint density at radius 2 is 0.446 bits per heavy atom. The number of hydrogen-bond acceptors (Lipinski definition) is 7. The minimum Gasteiger partial charge on any atom is -0.287 e. The fourth-order valence-corrected chi connectivity index (χ4v) is 4.47. The van der Waals surface area contributed by atoms with E-state index < -0.39 is 135 Å². The molecule has 0 saturated heterocycles. The summed E-state index contributed by atoms with van der Waals surface area (Å²) in [5.74, 6) is -20.5. The van der Waals surface area contributed by atoms with Gasteiger partial charge < -0.3 is 0 Å². The van der Waals surface area contributed by atoms with Gasteiger partial charge in [-0.05, 0) is 0 Å². The Hall–Kier alpha value is -2.11. The molecule has 0 amide bonds. The summed E-state index contributed by atoms with van der Waals surface area (Å²) in [4.78, 5) is -12.3. The number of rotatable bonds is 18. The second-order valence-electron chi connectivity index (χ2n) is 9.75. The first-order valence-electron chi connectivity index (χ1n) is 12.6. The Labute approximate surface area is 286 Å². The smallest absolute Gasteiger partial charge is 0.287 e. The summed E-state index contributed by atoms with van der Waals surface area (Å²) in [7, 11) is -7.01. The maximum absolute atomic E-state index is 13.9. The maximum atomic E-state index is 13.9. The van der Waals surface area contributed by atoms with E-state index in [1.54, 1.807) is 0 Å². The van der Waals surface area contributed by atoms with Crippen LogP contribution in [0.15, 0.2) is 0 Å². The van der Waals surface area contributed by atoms with Crippen molar-refractivity contribution in [2.75, 3.05) is 19.8 Å². The number of alkyl halides is 30. The lowest BCUT2D eigenvalue weighted by Gasteiger charge is -2.37. The minimum absolute atomic E-state index is 2.96. The van der Waals surface area contributed by atoms with E-state index in [-0.39, 0.29) is 0 Å². The molecule has 0 atom stereocenters. The molecule has 0 unspecified atom stereocenters. The summed E-state index contributed by atoms with van der Waals surface area (Å²) in [5, 5.41) is 0. The second-order valence-corrected chi connectivity index (χ2v) is 11.4. The Kier molecular flexibility index (Phi) is 15.5. The van der Waals surface area contributed by atoms with Crippen molar-refractivity contribution < 1.29 is 150 Å². The number of halogens is 30. The number of phosphoric acid groups is 1. The summed E-state index contributed by atoms with van der Waals surface area (Å²) in [6.45, 7) is -8.89. The van der Waals surface area contributed by atoms with Gasteiger partial charge in [-0.1, -0.05) is 14.7 Å². The average molecular weight is 935 g/mol. The van der Waals surface area contributed by atoms with Gasteiger partial charge in [0.25, 0.3) is 0 Å². The van der Waals surface area contributed by atoms with E-state index >= 15 is 0 Å². The van der Waals surface area contributed by atoms with Gasteiger partial charge in [-0.2, -0.15) is 132 Å². The fourth-order valence-electron chi connectivity index (χ4n) is 3.30. The molecule has 338 valence electrons. The SMILES string of the molecule is O=P(OCCC(F)(F)C(F)(F)N(C(F)(F)F)C(F)(F)F)(OCCC(F)(F)C(F)(F)N(C(F)(F)F)C(F)(F)F)OCCC(F)(F)C(F)(F)N(C(F)(F)F)C(F)(F)F. The molecule has 56 heavy (non-hydrogen) atoms. The molecular formula is C18H12F30N3O4P. The van der Waals surface area contributed by atoms with Crippen molar-refractivity contribution >= 4 is 7.82 Å². The van der Waals surface area contributed by atoms with Gasteiger partial charge in [0, 0.05) is 19.3 Å². The quantitative estimate of drug-likeness (QED) is 0.0771. The van der Waals surface area contributed by atoms with Crippen LogP contribution in [0, 0.1) is 0 Å². The summed E-state index contributed by atoms with van der Waals surface area (Å²) >= 11 is 0. The van der Waals surface area contributed by atoms with E-state index in [1.165, 1.54) is 0 Å². The van der Waals surface area contributed by atoms with Crippen molar-refractivity contribution in [3.8, 4) is 0 Å². The van der Waals surface area contributed by atoms with Crippen LogP contribution < -0.4 is 0 Å². The zero-order valence-electron chi connectivity index (χ0n) is 25.0. The van der Waals surface area contributed by atoms with E-state index in [4.69, 9.17) is 0 Å². The van der Waals surface area contributed by atoms with Crippen LogP contribution in [0.5, 0.6) is 0 Å². The van der Waals surface area contributed by atoms with Crippen molar-refractivity contribution in [1.82, 2.24) is 14.7 Å². The zero-order valence-corrected chi connectivity index (χ0v) is 25.9. The first-order chi connectivity index (χ1) is 24.0. The predicted octanol–water partition coefficient (Wildman–Crippen LogP) is 11.0. The third-order valence-corrected chi connectivity index (χ3v) is 7.18. The van der Waals surface area contributed by atoms with Crippen molar-refractivity contribution in [2.24, 2.45) is 0 Å². The Morgan fingerprint density at radius 3 is 0.571 bits per heavy atom. The van der Waals surface area contributed by atoms with Gasteiger partial charge >= 0.3 is 81.5 Å². The van der Waals surface area contributed by atoms with Gasteiger partial charge in [-0.25, -0.2) is 4.57 Å². The fraction of sp³-hybridized carbons (Fsp3) is 1.00. The Morgan fingerprint density at radius 1 is 0.304 bits per heavy atom. The van der Waals surface area contributed by atoms with Crippen molar-refractivity contribution in [3.63, 3.8) is 0 Å². The van der Waals surface area contributed by atoms with E-state index in [1.807, 2.05) is 0 Å². The number of nitrogens with zero attached hydrogens (tertiary/aromatic N) is 3. The molecule has 7 nitrogen and oxygen atoms in total. The molecule has 0 radical (unpaired) electrons. The molecule has 0 saturated carbocycles. The maximum Gasteiger partial charge on any atom is 0.474 e. The largest absolute Gasteiger partial charge is 0.474 e. The first-order valence-corrected chi connectivity index (χ1v) is 14.0. The molecule has 0 aromatic rings. The van der Waals surface area contributed by atoms with Gasteiger partial charge in [0.2, 0.25) is 0 Å². The number of hydrogen-bond donors (Lipinski definition) is 0. The highest BCUT2D eigenvalue weighted by molar-refractivity contribution is 7.48. The molecule has 0 aromatic carbocycles. The second kappa shape index (κ2) is 16.2. The average Bonchev–Trinajstić information content (AvgIpc) is 2.81. The van der Waals surface area contributed by atoms with Crippen LogP contribution >= 0.6 is 7.82 Å². The lowest BCUT2D eigenvalue weighted by molar-refractivity contribution is -0.470. The van der Waals surface area contributed by atoms with Crippen molar-refractivity contribution in [3.05, 3.63) is 0 Å². The third kappa shape index (κ3) is 12.7. The molecule has 0 aromatic heterocycles. The van der Waals surface area contributed by atoms with Crippen molar-refractivity contribution in [2.45, 2.75) is 93.0 Å². The molecule has 0 N–H and O–H groups in total. The molecule has 0 aliphatic rings. The molecule has 0 aliphatic carbocycles. The van der Waals surface area contributed by atoms with Crippen LogP contribution in [0.2, 0.25) is 0 Å². The summed E-state index contributed by atoms with van der Waals surface area (Å²) < 4.78 is 415. The first kappa shape index (κ1) is 53.9. The van der Waals surface area contributed by atoms with E-state index in [9.17, 15) is 136 Å². The minimum atomic E-state index is -7.52. The van der Waals surface area contributed by atoms with E-state index in [2.05, 4.69) is 13.6 Å². The van der Waals surface area contributed by atoms with Gasteiger partial charge in [-0.15, -0.1) is 0 Å². The van der Waals surface area contributed by atoms with E-state index in [0.717, 1.165) is 0 Å². The van der Waals surface area contributed by atoms with Crippen LogP contribution in [0.1, 0.15) is 19.3 Å². The highest BCUT2D eigenvalue weighted by Crippen LogP contribution is 2.56. The van der Waals surface area contributed by atoms with Gasteiger partial charge in [0.05, 0.1) is 19.8 Å². The van der Waals surface area contributed by atoms with Crippen LogP contribution in [0.25, 0.3) is 0 Å². The van der Waals surface area contributed by atoms with Crippen LogP contribution in [-0.2, 0) is 18.1 Å². The topological polar surface area (TPSA) is 54.5 Å². The highest BCUT2D eigenvalue weighted by atomic mass is 31.2. The van der Waals surface area contributed by atoms with Crippen LogP contribution in [0.3, 0.4) is 0 Å². The normalized spacial score (nSPS) is 16.2. The molecule has 0 spiro atoms. The van der Waals surface area contributed by atoms with Crippen LogP contribution in [-0.4, -0.2) is 108 Å². The predicted molar refractivity (Wildman–Crippen MR) is 111 cm³/mol. The zero-order chi connectivity index (χ0) is 45.6. The molecule has 0 fully saturated rings. The molecule has 0 aliphatic heterocycles. The molecule has 0 bridgehead atoms. The molecule has 0 rings (SSSR count). The summed E-state index contributed by atoms with van der Waals surface area (Å²) in [6.07, 6.45) is -55.1. The Balaban J connectivity index is 6.69.